The van der Waals surface area contributed by atoms with Gasteiger partial charge in [0.15, 0.2) is 0 Å². The molecule has 1 aliphatic rings. The van der Waals surface area contributed by atoms with Crippen molar-refractivity contribution in [1.29, 1.82) is 0 Å². The fraction of sp³-hybridized carbons (Fsp3) is 0.231. The number of hydrogen-bond donors (Lipinski definition) is 0. The highest BCUT2D eigenvalue weighted by atomic mass is 16.5. The molecule has 0 fully saturated rings. The predicted molar refractivity (Wildman–Crippen MR) is 59.9 cm³/mol. The Morgan fingerprint density at radius 3 is 2.75 bits per heavy atom. The number of carbonyl (C=O) groups excluding carboxylic acids is 2. The summed E-state index contributed by atoms with van der Waals surface area (Å²) in [5.41, 5.74) is 3.48. The van der Waals surface area contributed by atoms with Crippen LogP contribution in [0, 0.1) is 6.92 Å². The Labute approximate surface area is 93.7 Å². The molecule has 0 bridgehead atoms. The molecule has 3 heteroatoms. The Hall–Kier alpha value is -1.90. The van der Waals surface area contributed by atoms with E-state index in [0.717, 1.165) is 16.7 Å². The van der Waals surface area contributed by atoms with E-state index in [1.807, 2.05) is 25.1 Å². The van der Waals surface area contributed by atoms with Crippen LogP contribution in [0.1, 0.15) is 16.7 Å². The minimum Gasteiger partial charge on any atom is -0.463 e. The fourth-order valence-electron chi connectivity index (χ4n) is 1.86. The molecule has 1 aromatic carbocycles. The molecule has 2 rings (SSSR count). The summed E-state index contributed by atoms with van der Waals surface area (Å²) in [6.07, 6.45) is 2.48. The molecule has 82 valence electrons. The van der Waals surface area contributed by atoms with Gasteiger partial charge in [0.2, 0.25) is 0 Å². The second-order valence-corrected chi connectivity index (χ2v) is 3.80. The van der Waals surface area contributed by atoms with Gasteiger partial charge in [-0.1, -0.05) is 29.8 Å². The lowest BCUT2D eigenvalue weighted by molar-refractivity contribution is -0.148. The number of carbonyl (C=O) groups is 2. The lowest BCUT2D eigenvalue weighted by atomic mass is 10.0. The summed E-state index contributed by atoms with van der Waals surface area (Å²) in [6, 6.07) is 5.91. The zero-order valence-corrected chi connectivity index (χ0v) is 9.24. The van der Waals surface area contributed by atoms with Gasteiger partial charge in [-0.05, 0) is 24.5 Å². The number of methoxy groups -OCH3 is 1. The van der Waals surface area contributed by atoms with Gasteiger partial charge in [0.25, 0.3) is 5.78 Å². The Kier molecular flexibility index (Phi) is 2.60. The van der Waals surface area contributed by atoms with Crippen molar-refractivity contribution in [2.24, 2.45) is 0 Å². The van der Waals surface area contributed by atoms with Gasteiger partial charge in [0.1, 0.15) is 0 Å². The second kappa shape index (κ2) is 3.93. The third-order valence-corrected chi connectivity index (χ3v) is 2.70. The number of ketones is 1. The Morgan fingerprint density at radius 2 is 2.06 bits per heavy atom. The second-order valence-electron chi connectivity index (χ2n) is 3.80. The van der Waals surface area contributed by atoms with Crippen LogP contribution in [-0.2, 0) is 20.7 Å². The van der Waals surface area contributed by atoms with Gasteiger partial charge in [-0.2, -0.15) is 0 Å². The summed E-state index contributed by atoms with van der Waals surface area (Å²) in [5.74, 6) is -1.37. The van der Waals surface area contributed by atoms with Gasteiger partial charge in [-0.15, -0.1) is 0 Å². The minimum absolute atomic E-state index is 0.463. The first-order valence-corrected chi connectivity index (χ1v) is 5.06. The van der Waals surface area contributed by atoms with Gasteiger partial charge >= 0.3 is 5.97 Å². The Morgan fingerprint density at radius 1 is 1.31 bits per heavy atom. The number of esters is 1. The number of Topliss-reactive ketones (excluding diaryl/α,β-unsaturated/α-hetero) is 1. The van der Waals surface area contributed by atoms with E-state index in [1.54, 1.807) is 6.08 Å². The molecule has 0 saturated heterocycles. The van der Waals surface area contributed by atoms with E-state index in [2.05, 4.69) is 4.74 Å². The summed E-state index contributed by atoms with van der Waals surface area (Å²) in [4.78, 5) is 22.9. The molecule has 0 amide bonds. The quantitative estimate of drug-likeness (QED) is 0.558. The average molecular weight is 216 g/mol. The number of allylic oxidation sites excluding steroid dienone is 1. The van der Waals surface area contributed by atoms with Crippen LogP contribution in [0.3, 0.4) is 0 Å². The van der Waals surface area contributed by atoms with Crippen LogP contribution in [0.2, 0.25) is 0 Å². The zero-order chi connectivity index (χ0) is 11.7. The maximum Gasteiger partial charge on any atom is 0.379 e. The van der Waals surface area contributed by atoms with Crippen molar-refractivity contribution in [3.05, 3.63) is 41.0 Å². The van der Waals surface area contributed by atoms with E-state index in [0.29, 0.717) is 12.0 Å². The first-order valence-electron chi connectivity index (χ1n) is 5.06. The van der Waals surface area contributed by atoms with Crippen molar-refractivity contribution in [3.8, 4) is 0 Å². The monoisotopic (exact) mass is 216 g/mol. The highest BCUT2D eigenvalue weighted by molar-refractivity contribution is 6.52. The predicted octanol–water partition coefficient (Wildman–Crippen LogP) is 1.68. The lowest BCUT2D eigenvalue weighted by Crippen LogP contribution is -2.16. The molecule has 1 aliphatic carbocycles. The number of ether oxygens (including phenoxy) is 1. The summed E-state index contributed by atoms with van der Waals surface area (Å²) < 4.78 is 4.44. The van der Waals surface area contributed by atoms with Crippen molar-refractivity contribution in [2.45, 2.75) is 13.3 Å². The molecule has 0 radical (unpaired) electrons. The first kappa shape index (κ1) is 10.6. The molecule has 0 spiro atoms. The first-order chi connectivity index (χ1) is 7.63. The topological polar surface area (TPSA) is 43.4 Å². The van der Waals surface area contributed by atoms with E-state index in [1.165, 1.54) is 7.11 Å². The fourth-order valence-corrected chi connectivity index (χ4v) is 1.86. The Bertz CT molecular complexity index is 498. The molecule has 0 aliphatic heterocycles. The molecule has 16 heavy (non-hydrogen) atoms. The molecule has 0 unspecified atom stereocenters. The van der Waals surface area contributed by atoms with Gasteiger partial charge in [0.05, 0.1) is 7.11 Å². The SMILES string of the molecule is COC(=O)C(=O)C1=CCc2ccc(C)cc21. The minimum atomic E-state index is -0.805. The zero-order valence-electron chi connectivity index (χ0n) is 9.24. The van der Waals surface area contributed by atoms with E-state index in [-0.39, 0.29) is 0 Å². The summed E-state index contributed by atoms with van der Waals surface area (Å²) in [6.45, 7) is 1.96. The van der Waals surface area contributed by atoms with Crippen LogP contribution in [-0.4, -0.2) is 18.9 Å². The van der Waals surface area contributed by atoms with Crippen molar-refractivity contribution >= 4 is 17.3 Å². The smallest absolute Gasteiger partial charge is 0.379 e. The van der Waals surface area contributed by atoms with Gasteiger partial charge in [-0.25, -0.2) is 4.79 Å². The number of rotatable bonds is 2. The van der Waals surface area contributed by atoms with Crippen LogP contribution < -0.4 is 0 Å². The summed E-state index contributed by atoms with van der Waals surface area (Å²) >= 11 is 0. The van der Waals surface area contributed by atoms with E-state index >= 15 is 0 Å². The van der Waals surface area contributed by atoms with Crippen LogP contribution in [0.15, 0.2) is 24.3 Å². The van der Waals surface area contributed by atoms with Crippen molar-refractivity contribution in [3.63, 3.8) is 0 Å². The van der Waals surface area contributed by atoms with Crippen molar-refractivity contribution in [2.75, 3.05) is 7.11 Å². The highest BCUT2D eigenvalue weighted by Gasteiger charge is 2.25. The average Bonchev–Trinajstić information content (AvgIpc) is 2.69. The molecule has 0 aromatic heterocycles. The van der Waals surface area contributed by atoms with E-state index in [9.17, 15) is 9.59 Å². The maximum absolute atomic E-state index is 11.7. The normalized spacial score (nSPS) is 13.0. The van der Waals surface area contributed by atoms with E-state index < -0.39 is 11.8 Å². The van der Waals surface area contributed by atoms with Gasteiger partial charge < -0.3 is 4.74 Å². The molecule has 0 heterocycles. The largest absolute Gasteiger partial charge is 0.463 e. The summed E-state index contributed by atoms with van der Waals surface area (Å²) in [7, 11) is 1.22. The number of fused-ring (bicyclic) bond motifs is 1. The van der Waals surface area contributed by atoms with Crippen LogP contribution in [0.25, 0.3) is 5.57 Å². The highest BCUT2D eigenvalue weighted by Crippen LogP contribution is 2.29. The third-order valence-electron chi connectivity index (χ3n) is 2.70. The number of aryl methyl sites for hydroxylation is 1. The summed E-state index contributed by atoms with van der Waals surface area (Å²) in [5, 5.41) is 0. The molecular weight excluding hydrogens is 204 g/mol. The maximum atomic E-state index is 11.7. The van der Waals surface area contributed by atoms with Crippen LogP contribution in [0.5, 0.6) is 0 Å². The van der Waals surface area contributed by atoms with Crippen molar-refractivity contribution < 1.29 is 14.3 Å². The lowest BCUT2D eigenvalue weighted by Gasteiger charge is -2.04. The van der Waals surface area contributed by atoms with Crippen molar-refractivity contribution in [1.82, 2.24) is 0 Å². The molecule has 0 atom stereocenters. The van der Waals surface area contributed by atoms with Gasteiger partial charge in [0, 0.05) is 5.57 Å². The standard InChI is InChI=1S/C13H12O3/c1-8-3-4-9-5-6-10(11(9)7-8)12(14)13(15)16-2/h3-4,6-7H,5H2,1-2H3. The molecule has 3 nitrogen and oxygen atoms in total. The molecular formula is C13H12O3. The van der Waals surface area contributed by atoms with E-state index in [4.69, 9.17) is 0 Å². The molecule has 1 aromatic rings. The van der Waals surface area contributed by atoms with Crippen LogP contribution >= 0.6 is 0 Å². The number of hydrogen-bond acceptors (Lipinski definition) is 3. The molecule has 0 N–H and O–H groups in total. The van der Waals surface area contributed by atoms with Crippen LogP contribution in [0.4, 0.5) is 0 Å². The third kappa shape index (κ3) is 1.65. The Balaban J connectivity index is 2.39. The number of benzene rings is 1. The molecule has 0 saturated carbocycles. The van der Waals surface area contributed by atoms with Gasteiger partial charge in [-0.3, -0.25) is 4.79 Å².